The first kappa shape index (κ1) is 20.8. The maximum atomic E-state index is 13.1. The van der Waals surface area contributed by atoms with Crippen molar-refractivity contribution in [3.8, 4) is 11.5 Å². The molecule has 4 heteroatoms. The molecule has 2 aliphatic rings. The highest BCUT2D eigenvalue weighted by molar-refractivity contribution is 6.04. The van der Waals surface area contributed by atoms with Crippen molar-refractivity contribution in [1.82, 2.24) is 4.90 Å². The van der Waals surface area contributed by atoms with E-state index in [1.54, 1.807) is 0 Å². The fraction of sp³-hybridized carbons (Fsp3) is 0.321. The second-order valence-corrected chi connectivity index (χ2v) is 8.91. The molecule has 1 saturated heterocycles. The third-order valence-corrected chi connectivity index (χ3v) is 6.62. The van der Waals surface area contributed by atoms with Crippen LogP contribution in [0.2, 0.25) is 0 Å². The SMILES string of the molecule is CN1CCCC(C(Oc2ccc3c(c2)OCC(c2ccccc2)C3=O)c2ccccc2)C1. The largest absolute Gasteiger partial charge is 0.492 e. The predicted molar refractivity (Wildman–Crippen MR) is 125 cm³/mol. The fourth-order valence-corrected chi connectivity index (χ4v) is 4.95. The minimum atomic E-state index is -0.259. The van der Waals surface area contributed by atoms with Crippen molar-refractivity contribution in [2.75, 3.05) is 26.7 Å². The third-order valence-electron chi connectivity index (χ3n) is 6.62. The van der Waals surface area contributed by atoms with Gasteiger partial charge in [-0.25, -0.2) is 0 Å². The van der Waals surface area contributed by atoms with E-state index in [-0.39, 0.29) is 17.8 Å². The van der Waals surface area contributed by atoms with Crippen LogP contribution in [0.3, 0.4) is 0 Å². The number of likely N-dealkylation sites (tertiary alicyclic amines) is 1. The number of carbonyl (C=O) groups is 1. The molecule has 164 valence electrons. The quantitative estimate of drug-likeness (QED) is 0.538. The van der Waals surface area contributed by atoms with Crippen LogP contribution in [0.1, 0.15) is 46.3 Å². The summed E-state index contributed by atoms with van der Waals surface area (Å²) in [5, 5.41) is 0. The lowest BCUT2D eigenvalue weighted by Gasteiger charge is -2.35. The van der Waals surface area contributed by atoms with Crippen molar-refractivity contribution in [2.24, 2.45) is 5.92 Å². The Bertz CT molecular complexity index is 1070. The van der Waals surface area contributed by atoms with Crippen LogP contribution in [0.4, 0.5) is 0 Å². The van der Waals surface area contributed by atoms with Gasteiger partial charge < -0.3 is 14.4 Å². The monoisotopic (exact) mass is 427 g/mol. The number of Topliss-reactive ketones (excluding diaryl/α,β-unsaturated/α-hetero) is 1. The molecule has 0 spiro atoms. The molecule has 3 atom stereocenters. The van der Waals surface area contributed by atoms with Gasteiger partial charge in [0.25, 0.3) is 0 Å². The molecule has 0 amide bonds. The Kier molecular flexibility index (Phi) is 5.95. The van der Waals surface area contributed by atoms with Gasteiger partial charge in [0, 0.05) is 18.5 Å². The van der Waals surface area contributed by atoms with E-state index in [4.69, 9.17) is 9.47 Å². The summed E-state index contributed by atoms with van der Waals surface area (Å²) in [5.74, 6) is 1.63. The minimum Gasteiger partial charge on any atom is -0.492 e. The molecule has 4 nitrogen and oxygen atoms in total. The van der Waals surface area contributed by atoms with E-state index < -0.39 is 0 Å². The summed E-state index contributed by atoms with van der Waals surface area (Å²) < 4.78 is 12.6. The van der Waals surface area contributed by atoms with Gasteiger partial charge >= 0.3 is 0 Å². The molecular formula is C28H29NO3. The predicted octanol–water partition coefficient (Wildman–Crippen LogP) is 5.51. The summed E-state index contributed by atoms with van der Waals surface area (Å²) in [6, 6.07) is 26.0. The molecule has 0 saturated carbocycles. The summed E-state index contributed by atoms with van der Waals surface area (Å²) in [4.78, 5) is 15.5. The minimum absolute atomic E-state index is 0.0339. The molecule has 1 fully saturated rings. The number of hydrogen-bond donors (Lipinski definition) is 0. The average molecular weight is 428 g/mol. The number of rotatable bonds is 5. The topological polar surface area (TPSA) is 38.8 Å². The number of carbonyl (C=O) groups excluding carboxylic acids is 1. The van der Waals surface area contributed by atoms with Crippen LogP contribution in [-0.2, 0) is 0 Å². The van der Waals surface area contributed by atoms with E-state index >= 15 is 0 Å². The molecule has 0 aliphatic carbocycles. The first-order valence-corrected chi connectivity index (χ1v) is 11.4. The van der Waals surface area contributed by atoms with Gasteiger partial charge in [-0.15, -0.1) is 0 Å². The van der Waals surface area contributed by atoms with Crippen molar-refractivity contribution < 1.29 is 14.3 Å². The lowest BCUT2D eigenvalue weighted by atomic mass is 9.88. The molecule has 0 bridgehead atoms. The molecular weight excluding hydrogens is 398 g/mol. The molecule has 0 N–H and O–H groups in total. The number of benzene rings is 3. The molecule has 2 heterocycles. The summed E-state index contributed by atoms with van der Waals surface area (Å²) in [7, 11) is 2.18. The summed E-state index contributed by atoms with van der Waals surface area (Å²) in [6.45, 7) is 2.50. The van der Waals surface area contributed by atoms with Crippen molar-refractivity contribution >= 4 is 5.78 Å². The standard InChI is InChI=1S/C28H29NO3/c1-29-16-8-13-22(18-29)28(21-11-6-3-7-12-21)32-23-14-15-24-26(17-23)31-19-25(27(24)30)20-9-4-2-5-10-20/h2-7,9-12,14-15,17,22,25,28H,8,13,16,18-19H2,1H3. The molecule has 32 heavy (non-hydrogen) atoms. The summed E-state index contributed by atoms with van der Waals surface area (Å²) in [5.41, 5.74) is 2.81. The van der Waals surface area contributed by atoms with Crippen LogP contribution in [0, 0.1) is 5.92 Å². The van der Waals surface area contributed by atoms with Crippen molar-refractivity contribution in [2.45, 2.75) is 24.9 Å². The van der Waals surface area contributed by atoms with Crippen molar-refractivity contribution in [3.63, 3.8) is 0 Å². The highest BCUT2D eigenvalue weighted by Gasteiger charge is 2.32. The molecule has 0 aromatic heterocycles. The van der Waals surface area contributed by atoms with Crippen LogP contribution in [-0.4, -0.2) is 37.4 Å². The van der Waals surface area contributed by atoms with Gasteiger partial charge in [0.15, 0.2) is 5.78 Å². The Morgan fingerprint density at radius 1 is 1.00 bits per heavy atom. The van der Waals surface area contributed by atoms with E-state index in [9.17, 15) is 4.79 Å². The van der Waals surface area contributed by atoms with Crippen molar-refractivity contribution in [1.29, 1.82) is 0 Å². The van der Waals surface area contributed by atoms with Crippen molar-refractivity contribution in [3.05, 3.63) is 95.6 Å². The van der Waals surface area contributed by atoms with Crippen LogP contribution in [0.25, 0.3) is 0 Å². The zero-order chi connectivity index (χ0) is 21.9. The number of ether oxygens (including phenoxy) is 2. The van der Waals surface area contributed by atoms with Gasteiger partial charge in [0.05, 0.1) is 11.5 Å². The number of hydrogen-bond acceptors (Lipinski definition) is 4. The fourth-order valence-electron chi connectivity index (χ4n) is 4.95. The number of nitrogens with zero attached hydrogens (tertiary/aromatic N) is 1. The van der Waals surface area contributed by atoms with Crippen LogP contribution in [0.5, 0.6) is 11.5 Å². The van der Waals surface area contributed by atoms with E-state index in [2.05, 4.69) is 36.2 Å². The molecule has 3 unspecified atom stereocenters. The van der Waals surface area contributed by atoms with Gasteiger partial charge in [-0.3, -0.25) is 4.79 Å². The lowest BCUT2D eigenvalue weighted by molar-refractivity contribution is 0.0770. The maximum absolute atomic E-state index is 13.1. The maximum Gasteiger partial charge on any atom is 0.177 e. The average Bonchev–Trinajstić information content (AvgIpc) is 2.84. The second kappa shape index (κ2) is 9.17. The van der Waals surface area contributed by atoms with E-state index in [1.165, 1.54) is 12.0 Å². The first-order chi connectivity index (χ1) is 15.7. The molecule has 0 radical (unpaired) electrons. The second-order valence-electron chi connectivity index (χ2n) is 8.91. The molecule has 3 aromatic carbocycles. The molecule has 3 aromatic rings. The van der Waals surface area contributed by atoms with Crippen LogP contribution >= 0.6 is 0 Å². The van der Waals surface area contributed by atoms with E-state index in [0.29, 0.717) is 23.8 Å². The highest BCUT2D eigenvalue weighted by atomic mass is 16.5. The van der Waals surface area contributed by atoms with Crippen LogP contribution < -0.4 is 9.47 Å². The van der Waals surface area contributed by atoms with Gasteiger partial charge in [-0.05, 0) is 49.7 Å². The lowest BCUT2D eigenvalue weighted by Crippen LogP contribution is -2.36. The number of fused-ring (bicyclic) bond motifs is 1. The molecule has 5 rings (SSSR count). The first-order valence-electron chi connectivity index (χ1n) is 11.4. The number of ketones is 1. The summed E-state index contributed by atoms with van der Waals surface area (Å²) in [6.07, 6.45) is 2.28. The van der Waals surface area contributed by atoms with Gasteiger partial charge in [0.1, 0.15) is 24.2 Å². The van der Waals surface area contributed by atoms with Crippen LogP contribution in [0.15, 0.2) is 78.9 Å². The Labute approximate surface area is 189 Å². The van der Waals surface area contributed by atoms with Gasteiger partial charge in [-0.2, -0.15) is 0 Å². The van der Waals surface area contributed by atoms with E-state index in [1.807, 2.05) is 54.6 Å². The van der Waals surface area contributed by atoms with E-state index in [0.717, 1.165) is 30.8 Å². The number of piperidine rings is 1. The van der Waals surface area contributed by atoms with Gasteiger partial charge in [-0.1, -0.05) is 60.7 Å². The molecule has 2 aliphatic heterocycles. The normalized spacial score (nSPS) is 22.0. The Balaban J connectivity index is 1.39. The Hall–Kier alpha value is -3.11. The van der Waals surface area contributed by atoms with Gasteiger partial charge in [0.2, 0.25) is 0 Å². The zero-order valence-electron chi connectivity index (χ0n) is 18.4. The Morgan fingerprint density at radius 2 is 1.75 bits per heavy atom. The third kappa shape index (κ3) is 4.28. The zero-order valence-corrected chi connectivity index (χ0v) is 18.4. The smallest absolute Gasteiger partial charge is 0.177 e. The summed E-state index contributed by atoms with van der Waals surface area (Å²) >= 11 is 0. The highest BCUT2D eigenvalue weighted by Crippen LogP contribution is 2.38. The Morgan fingerprint density at radius 3 is 2.50 bits per heavy atom.